The molecule has 0 amide bonds. The topological polar surface area (TPSA) is 63.6 Å². The third-order valence-corrected chi connectivity index (χ3v) is 3.00. The first-order chi connectivity index (χ1) is 11.8. The molecule has 0 heterocycles. The molecule has 0 aliphatic carbocycles. The van der Waals surface area contributed by atoms with Crippen molar-refractivity contribution in [3.8, 4) is 0 Å². The Balaban J connectivity index is 0.000000293. The first kappa shape index (κ1) is 20.2. The summed E-state index contributed by atoms with van der Waals surface area (Å²) in [5, 5.41) is 8.38. The normalized spacial score (nSPS) is 11.7. The van der Waals surface area contributed by atoms with Crippen LogP contribution in [0.2, 0.25) is 0 Å². The Bertz CT molecular complexity index is 670. The molecule has 1 unspecified atom stereocenters. The standard InChI is InChI=1S/C11H11F3O2.C7H6O2/c1-2-16-10(15)9(11(12,13)14)8-6-4-3-5-7-8;8-7(9)6-4-2-1-3-5-6/h3-7,9H,2H2,1H3;1-5H,(H,8,9). The van der Waals surface area contributed by atoms with Crippen molar-refractivity contribution >= 4 is 11.9 Å². The number of carboxylic acids is 1. The Morgan fingerprint density at radius 3 is 1.84 bits per heavy atom. The second-order valence-electron chi connectivity index (χ2n) is 4.81. The highest BCUT2D eigenvalue weighted by Crippen LogP contribution is 2.35. The van der Waals surface area contributed by atoms with Crippen molar-refractivity contribution in [1.82, 2.24) is 0 Å². The van der Waals surface area contributed by atoms with Gasteiger partial charge in [-0.3, -0.25) is 4.79 Å². The quantitative estimate of drug-likeness (QED) is 0.833. The maximum atomic E-state index is 12.7. The van der Waals surface area contributed by atoms with E-state index in [2.05, 4.69) is 4.74 Å². The maximum absolute atomic E-state index is 12.7. The lowest BCUT2D eigenvalue weighted by Gasteiger charge is -2.18. The predicted octanol–water partition coefficient (Wildman–Crippen LogP) is 4.28. The number of benzene rings is 2. The molecule has 0 saturated carbocycles. The van der Waals surface area contributed by atoms with Crippen LogP contribution in [0.3, 0.4) is 0 Å². The number of carbonyl (C=O) groups excluding carboxylic acids is 1. The number of ether oxygens (including phenoxy) is 1. The lowest BCUT2D eigenvalue weighted by atomic mass is 9.99. The molecule has 7 heteroatoms. The van der Waals surface area contributed by atoms with Gasteiger partial charge in [-0.25, -0.2) is 4.79 Å². The fourth-order valence-electron chi connectivity index (χ4n) is 1.91. The summed E-state index contributed by atoms with van der Waals surface area (Å²) in [5.41, 5.74) is 0.228. The zero-order valence-corrected chi connectivity index (χ0v) is 13.4. The van der Waals surface area contributed by atoms with Crippen LogP contribution in [0, 0.1) is 0 Å². The highest BCUT2D eigenvalue weighted by Gasteiger charge is 2.46. The molecule has 2 aromatic carbocycles. The zero-order valence-electron chi connectivity index (χ0n) is 13.4. The minimum Gasteiger partial charge on any atom is -0.478 e. The summed E-state index contributed by atoms with van der Waals surface area (Å²) in [6.45, 7) is 1.40. The van der Waals surface area contributed by atoms with Crippen LogP contribution >= 0.6 is 0 Å². The molecule has 1 N–H and O–H groups in total. The lowest BCUT2D eigenvalue weighted by Crippen LogP contribution is -2.30. The minimum atomic E-state index is -4.63. The smallest absolute Gasteiger partial charge is 0.406 e. The number of aromatic carboxylic acids is 1. The van der Waals surface area contributed by atoms with Crippen molar-refractivity contribution in [3.63, 3.8) is 0 Å². The molecule has 0 fully saturated rings. The Morgan fingerprint density at radius 1 is 1.00 bits per heavy atom. The van der Waals surface area contributed by atoms with Crippen LogP contribution < -0.4 is 0 Å². The maximum Gasteiger partial charge on any atom is 0.406 e. The summed E-state index contributed by atoms with van der Waals surface area (Å²) in [6.07, 6.45) is -4.63. The third-order valence-electron chi connectivity index (χ3n) is 3.00. The first-order valence-corrected chi connectivity index (χ1v) is 7.34. The van der Waals surface area contributed by atoms with Crippen LogP contribution in [0.4, 0.5) is 13.2 Å². The lowest BCUT2D eigenvalue weighted by molar-refractivity contribution is -0.180. The van der Waals surface area contributed by atoms with E-state index in [4.69, 9.17) is 5.11 Å². The fraction of sp³-hybridized carbons (Fsp3) is 0.222. The first-order valence-electron chi connectivity index (χ1n) is 7.34. The Labute approximate surface area is 142 Å². The van der Waals surface area contributed by atoms with Crippen molar-refractivity contribution in [2.24, 2.45) is 0 Å². The number of esters is 1. The van der Waals surface area contributed by atoms with E-state index < -0.39 is 24.0 Å². The van der Waals surface area contributed by atoms with Gasteiger partial charge in [0.05, 0.1) is 12.2 Å². The molecule has 0 aliphatic heterocycles. The van der Waals surface area contributed by atoms with E-state index in [1.165, 1.54) is 31.2 Å². The van der Waals surface area contributed by atoms with E-state index in [0.29, 0.717) is 5.56 Å². The monoisotopic (exact) mass is 354 g/mol. The number of hydrogen-bond acceptors (Lipinski definition) is 3. The zero-order chi connectivity index (χ0) is 18.9. The summed E-state index contributed by atoms with van der Waals surface area (Å²) in [4.78, 5) is 21.4. The molecule has 2 rings (SSSR count). The molecule has 0 saturated heterocycles. The predicted molar refractivity (Wildman–Crippen MR) is 85.3 cm³/mol. The van der Waals surface area contributed by atoms with Crippen LogP contribution in [0.5, 0.6) is 0 Å². The molecule has 0 aromatic heterocycles. The van der Waals surface area contributed by atoms with E-state index >= 15 is 0 Å². The molecule has 2 aromatic rings. The largest absolute Gasteiger partial charge is 0.478 e. The molecule has 25 heavy (non-hydrogen) atoms. The Morgan fingerprint density at radius 2 is 1.48 bits per heavy atom. The Hall–Kier alpha value is -2.83. The van der Waals surface area contributed by atoms with Gasteiger partial charge < -0.3 is 9.84 Å². The Kier molecular flexibility index (Phi) is 7.65. The molecule has 0 aliphatic rings. The average molecular weight is 354 g/mol. The van der Waals surface area contributed by atoms with E-state index in [0.717, 1.165) is 0 Å². The molecular weight excluding hydrogens is 337 g/mol. The number of halogens is 3. The summed E-state index contributed by atoms with van der Waals surface area (Å²) in [6, 6.07) is 15.3. The number of carboxylic acid groups (broad SMARTS) is 1. The van der Waals surface area contributed by atoms with Crippen LogP contribution in [-0.4, -0.2) is 29.8 Å². The van der Waals surface area contributed by atoms with Crippen LogP contribution in [0.1, 0.15) is 28.8 Å². The molecule has 1 atom stereocenters. The second-order valence-corrected chi connectivity index (χ2v) is 4.81. The van der Waals surface area contributed by atoms with Crippen LogP contribution in [-0.2, 0) is 9.53 Å². The summed E-state index contributed by atoms with van der Waals surface area (Å²) in [7, 11) is 0. The van der Waals surface area contributed by atoms with Crippen molar-refractivity contribution in [3.05, 3.63) is 71.8 Å². The highest BCUT2D eigenvalue weighted by atomic mass is 19.4. The van der Waals surface area contributed by atoms with Gasteiger partial charge in [0, 0.05) is 0 Å². The average Bonchev–Trinajstić information content (AvgIpc) is 2.56. The van der Waals surface area contributed by atoms with Gasteiger partial charge in [0.15, 0.2) is 5.92 Å². The van der Waals surface area contributed by atoms with E-state index in [9.17, 15) is 22.8 Å². The van der Waals surface area contributed by atoms with E-state index in [-0.39, 0.29) is 12.2 Å². The number of alkyl halides is 3. The van der Waals surface area contributed by atoms with Gasteiger partial charge in [0.2, 0.25) is 0 Å². The van der Waals surface area contributed by atoms with Gasteiger partial charge in [-0.15, -0.1) is 0 Å². The van der Waals surface area contributed by atoms with Crippen molar-refractivity contribution in [2.75, 3.05) is 6.61 Å². The number of hydrogen-bond donors (Lipinski definition) is 1. The molecule has 4 nitrogen and oxygen atoms in total. The summed E-state index contributed by atoms with van der Waals surface area (Å²) < 4.78 is 42.5. The van der Waals surface area contributed by atoms with E-state index in [1.807, 2.05) is 0 Å². The minimum absolute atomic E-state index is 0.0712. The van der Waals surface area contributed by atoms with E-state index in [1.54, 1.807) is 36.4 Å². The summed E-state index contributed by atoms with van der Waals surface area (Å²) >= 11 is 0. The molecule has 0 radical (unpaired) electrons. The van der Waals surface area contributed by atoms with Gasteiger partial charge in [-0.2, -0.15) is 13.2 Å². The van der Waals surface area contributed by atoms with Gasteiger partial charge in [-0.05, 0) is 24.6 Å². The molecular formula is C18H17F3O4. The third kappa shape index (κ3) is 6.66. The van der Waals surface area contributed by atoms with Crippen LogP contribution in [0.25, 0.3) is 0 Å². The molecule has 0 spiro atoms. The van der Waals surface area contributed by atoms with Crippen molar-refractivity contribution < 1.29 is 32.6 Å². The molecule has 0 bridgehead atoms. The van der Waals surface area contributed by atoms with Gasteiger partial charge in [0.1, 0.15) is 0 Å². The SMILES string of the molecule is CCOC(=O)C(c1ccccc1)C(F)(F)F.O=C(O)c1ccccc1. The van der Waals surface area contributed by atoms with Crippen molar-refractivity contribution in [1.29, 1.82) is 0 Å². The van der Waals surface area contributed by atoms with Gasteiger partial charge >= 0.3 is 18.1 Å². The van der Waals surface area contributed by atoms with Gasteiger partial charge in [0.25, 0.3) is 0 Å². The fourth-order valence-corrected chi connectivity index (χ4v) is 1.91. The number of carbonyl (C=O) groups is 2. The van der Waals surface area contributed by atoms with Crippen molar-refractivity contribution in [2.45, 2.75) is 19.0 Å². The highest BCUT2D eigenvalue weighted by molar-refractivity contribution is 5.87. The second kappa shape index (κ2) is 9.46. The van der Waals surface area contributed by atoms with Gasteiger partial charge in [-0.1, -0.05) is 48.5 Å². The molecule has 134 valence electrons. The summed E-state index contributed by atoms with van der Waals surface area (Å²) in [5.74, 6) is -4.34. The number of rotatable bonds is 4. The van der Waals surface area contributed by atoms with Crippen LogP contribution in [0.15, 0.2) is 60.7 Å².